The summed E-state index contributed by atoms with van der Waals surface area (Å²) in [6.45, 7) is 3.66. The molecule has 6 nitrogen and oxygen atoms in total. The molecule has 0 bridgehead atoms. The van der Waals surface area contributed by atoms with Crippen molar-refractivity contribution >= 4 is 28.1 Å². The Balaban J connectivity index is 1.61. The largest absolute Gasteiger partial charge is 0.497 e. The highest BCUT2D eigenvalue weighted by molar-refractivity contribution is 7.13. The van der Waals surface area contributed by atoms with Crippen molar-refractivity contribution in [3.8, 4) is 5.75 Å². The van der Waals surface area contributed by atoms with E-state index in [4.69, 9.17) is 4.74 Å². The quantitative estimate of drug-likeness (QED) is 0.849. The van der Waals surface area contributed by atoms with Gasteiger partial charge in [-0.2, -0.15) is 0 Å². The summed E-state index contributed by atoms with van der Waals surface area (Å²) in [6, 6.07) is 8.15. The third-order valence-electron chi connectivity index (χ3n) is 4.11. The van der Waals surface area contributed by atoms with E-state index < -0.39 is 0 Å². The van der Waals surface area contributed by atoms with Crippen molar-refractivity contribution < 1.29 is 9.53 Å². The minimum atomic E-state index is -0.0469. The molecule has 0 unspecified atom stereocenters. The molecule has 0 atom stereocenters. The zero-order valence-corrected chi connectivity index (χ0v) is 15.0. The lowest BCUT2D eigenvalue weighted by molar-refractivity contribution is 0.0823. The first-order chi connectivity index (χ1) is 11.6. The van der Waals surface area contributed by atoms with Gasteiger partial charge in [0.05, 0.1) is 7.11 Å². The molecular formula is C17H22N4O2S. The Morgan fingerprint density at radius 1 is 1.12 bits per heavy atom. The first-order valence-corrected chi connectivity index (χ1v) is 8.77. The van der Waals surface area contributed by atoms with Crippen molar-refractivity contribution in [2.24, 2.45) is 0 Å². The second-order valence-electron chi connectivity index (χ2n) is 5.89. The summed E-state index contributed by atoms with van der Waals surface area (Å²) in [5.74, 6) is 0.827. The first-order valence-electron chi connectivity index (χ1n) is 7.89. The monoisotopic (exact) mass is 346 g/mol. The van der Waals surface area contributed by atoms with Crippen LogP contribution in [-0.4, -0.2) is 63.2 Å². The van der Waals surface area contributed by atoms with Crippen LogP contribution in [0.4, 0.5) is 10.8 Å². The van der Waals surface area contributed by atoms with Crippen LogP contribution in [0.15, 0.2) is 29.6 Å². The molecule has 0 radical (unpaired) electrons. The van der Waals surface area contributed by atoms with Gasteiger partial charge in [0.2, 0.25) is 0 Å². The molecule has 0 N–H and O–H groups in total. The molecule has 2 heterocycles. The van der Waals surface area contributed by atoms with Crippen LogP contribution in [-0.2, 0) is 0 Å². The third kappa shape index (κ3) is 3.46. The zero-order chi connectivity index (χ0) is 17.1. The molecule has 1 fully saturated rings. The molecule has 0 spiro atoms. The summed E-state index contributed by atoms with van der Waals surface area (Å²) in [4.78, 5) is 22.6. The first kappa shape index (κ1) is 16.6. The number of nitrogens with zero attached hydrogens (tertiary/aromatic N) is 4. The van der Waals surface area contributed by atoms with Gasteiger partial charge in [0.25, 0.3) is 5.91 Å². The number of piperazine rings is 1. The number of benzene rings is 1. The standard InChI is InChI=1S/C17H22N4O2S/c1-19(2)16(22)15-12-24-17(18-15)21-10-8-20(9-11-21)13-4-6-14(23-3)7-5-13/h4-7,12H,8-11H2,1-3H3. The number of carbonyl (C=O) groups is 1. The topological polar surface area (TPSA) is 48.9 Å². The van der Waals surface area contributed by atoms with Crippen molar-refractivity contribution in [1.82, 2.24) is 9.88 Å². The maximum absolute atomic E-state index is 12.0. The molecule has 1 saturated heterocycles. The minimum Gasteiger partial charge on any atom is -0.497 e. The van der Waals surface area contributed by atoms with E-state index in [0.717, 1.165) is 37.1 Å². The fourth-order valence-electron chi connectivity index (χ4n) is 2.69. The third-order valence-corrected chi connectivity index (χ3v) is 5.01. The van der Waals surface area contributed by atoms with Gasteiger partial charge in [0.1, 0.15) is 11.4 Å². The molecule has 1 aromatic carbocycles. The lowest BCUT2D eigenvalue weighted by Gasteiger charge is -2.36. The van der Waals surface area contributed by atoms with Gasteiger partial charge < -0.3 is 19.4 Å². The number of aromatic nitrogens is 1. The summed E-state index contributed by atoms with van der Waals surface area (Å²) in [7, 11) is 5.17. The Hall–Kier alpha value is -2.28. The van der Waals surface area contributed by atoms with E-state index >= 15 is 0 Å². The lowest BCUT2D eigenvalue weighted by atomic mass is 10.2. The highest BCUT2D eigenvalue weighted by Gasteiger charge is 2.21. The van der Waals surface area contributed by atoms with Gasteiger partial charge in [-0.1, -0.05) is 0 Å². The predicted octanol–water partition coefficient (Wildman–Crippen LogP) is 2.18. The van der Waals surface area contributed by atoms with E-state index in [1.807, 2.05) is 17.5 Å². The van der Waals surface area contributed by atoms with Gasteiger partial charge in [-0.25, -0.2) is 4.98 Å². The minimum absolute atomic E-state index is 0.0469. The van der Waals surface area contributed by atoms with E-state index in [1.54, 1.807) is 26.1 Å². The zero-order valence-electron chi connectivity index (χ0n) is 14.2. The molecule has 1 amide bonds. The maximum Gasteiger partial charge on any atom is 0.272 e. The molecule has 3 rings (SSSR count). The van der Waals surface area contributed by atoms with E-state index in [9.17, 15) is 4.79 Å². The number of carbonyl (C=O) groups excluding carboxylic acids is 1. The highest BCUT2D eigenvalue weighted by atomic mass is 32.1. The Morgan fingerprint density at radius 3 is 2.33 bits per heavy atom. The van der Waals surface area contributed by atoms with Crippen LogP contribution < -0.4 is 14.5 Å². The number of methoxy groups -OCH3 is 1. The molecule has 0 saturated carbocycles. The number of anilines is 2. The number of amides is 1. The number of rotatable bonds is 4. The second kappa shape index (κ2) is 7.09. The van der Waals surface area contributed by atoms with E-state index in [2.05, 4.69) is 26.9 Å². The molecular weight excluding hydrogens is 324 g/mol. The van der Waals surface area contributed by atoms with Gasteiger partial charge in [-0.15, -0.1) is 11.3 Å². The van der Waals surface area contributed by atoms with Crippen LogP contribution in [0.1, 0.15) is 10.5 Å². The van der Waals surface area contributed by atoms with Crippen LogP contribution >= 0.6 is 11.3 Å². The number of thiazole rings is 1. The van der Waals surface area contributed by atoms with Gasteiger partial charge in [-0.3, -0.25) is 4.79 Å². The normalized spacial score (nSPS) is 14.6. The Kier molecular flexibility index (Phi) is 4.89. The average molecular weight is 346 g/mol. The van der Waals surface area contributed by atoms with E-state index in [1.165, 1.54) is 17.0 Å². The molecule has 1 aliphatic heterocycles. The summed E-state index contributed by atoms with van der Waals surface area (Å²) in [6.07, 6.45) is 0. The number of hydrogen-bond acceptors (Lipinski definition) is 6. The van der Waals surface area contributed by atoms with Crippen molar-refractivity contribution in [2.75, 3.05) is 57.2 Å². The molecule has 1 aromatic heterocycles. The highest BCUT2D eigenvalue weighted by Crippen LogP contribution is 2.25. The van der Waals surface area contributed by atoms with Gasteiger partial charge in [-0.05, 0) is 24.3 Å². The fraction of sp³-hybridized carbons (Fsp3) is 0.412. The van der Waals surface area contributed by atoms with Gasteiger partial charge in [0, 0.05) is 51.3 Å². The molecule has 7 heteroatoms. The Morgan fingerprint density at radius 2 is 1.75 bits per heavy atom. The molecule has 0 aliphatic carbocycles. The maximum atomic E-state index is 12.0. The van der Waals surface area contributed by atoms with Crippen molar-refractivity contribution in [2.45, 2.75) is 0 Å². The van der Waals surface area contributed by atoms with Gasteiger partial charge in [0.15, 0.2) is 5.13 Å². The summed E-state index contributed by atoms with van der Waals surface area (Å²) in [5, 5.41) is 2.77. The van der Waals surface area contributed by atoms with Crippen molar-refractivity contribution in [3.05, 3.63) is 35.3 Å². The SMILES string of the molecule is COc1ccc(N2CCN(c3nc(C(=O)N(C)C)cs3)CC2)cc1. The van der Waals surface area contributed by atoms with E-state index in [0.29, 0.717) is 5.69 Å². The second-order valence-corrected chi connectivity index (χ2v) is 6.72. The fourth-order valence-corrected chi connectivity index (χ4v) is 3.54. The van der Waals surface area contributed by atoms with Crippen LogP contribution in [0.5, 0.6) is 5.75 Å². The smallest absolute Gasteiger partial charge is 0.272 e. The summed E-state index contributed by atoms with van der Waals surface area (Å²) in [5.41, 5.74) is 1.73. The van der Waals surface area contributed by atoms with Crippen LogP contribution in [0.3, 0.4) is 0 Å². The molecule has 2 aromatic rings. The van der Waals surface area contributed by atoms with Crippen molar-refractivity contribution in [1.29, 1.82) is 0 Å². The van der Waals surface area contributed by atoms with Crippen LogP contribution in [0, 0.1) is 0 Å². The Labute approximate surface area is 146 Å². The average Bonchev–Trinajstić information content (AvgIpc) is 3.11. The molecule has 1 aliphatic rings. The number of ether oxygens (including phenoxy) is 1. The predicted molar refractivity (Wildman–Crippen MR) is 97.6 cm³/mol. The lowest BCUT2D eigenvalue weighted by Crippen LogP contribution is -2.46. The van der Waals surface area contributed by atoms with Crippen LogP contribution in [0.2, 0.25) is 0 Å². The summed E-state index contributed by atoms with van der Waals surface area (Å²) < 4.78 is 5.21. The molecule has 128 valence electrons. The summed E-state index contributed by atoms with van der Waals surface area (Å²) >= 11 is 1.54. The van der Waals surface area contributed by atoms with Crippen LogP contribution in [0.25, 0.3) is 0 Å². The number of hydrogen-bond donors (Lipinski definition) is 0. The van der Waals surface area contributed by atoms with Gasteiger partial charge >= 0.3 is 0 Å². The van der Waals surface area contributed by atoms with E-state index in [-0.39, 0.29) is 5.91 Å². The molecule has 24 heavy (non-hydrogen) atoms. The van der Waals surface area contributed by atoms with Crippen molar-refractivity contribution in [3.63, 3.8) is 0 Å². The Bertz CT molecular complexity index is 691.